The number of carbonyl (C=O) groups is 1. The Morgan fingerprint density at radius 3 is 3.05 bits per heavy atom. The molecular weight excluding hydrogens is 298 g/mol. The van der Waals surface area contributed by atoms with E-state index in [2.05, 4.69) is 17.1 Å². The molecule has 0 saturated carbocycles. The highest BCUT2D eigenvalue weighted by Gasteiger charge is 2.18. The van der Waals surface area contributed by atoms with Gasteiger partial charge >= 0.3 is 0 Å². The van der Waals surface area contributed by atoms with Crippen molar-refractivity contribution in [1.82, 2.24) is 14.8 Å². The van der Waals surface area contributed by atoms with Crippen molar-refractivity contribution >= 4 is 34.3 Å². The topological polar surface area (TPSA) is 57.0 Å². The molecule has 0 atom stereocenters. The Morgan fingerprint density at radius 2 is 2.23 bits per heavy atom. The largest absolute Gasteiger partial charge is 0.409 e. The van der Waals surface area contributed by atoms with Gasteiger partial charge in [0.1, 0.15) is 0 Å². The minimum atomic E-state index is 0.302. The highest BCUT2D eigenvalue weighted by Crippen LogP contribution is 2.33. The Labute approximate surface area is 130 Å². The van der Waals surface area contributed by atoms with Crippen LogP contribution in [0.1, 0.15) is 25.0 Å². The maximum absolute atomic E-state index is 10.4. The molecule has 2 heterocycles. The first-order valence-electron chi connectivity index (χ1n) is 7.10. The lowest BCUT2D eigenvalue weighted by molar-refractivity contribution is -0.120. The maximum atomic E-state index is 10.4. The Bertz CT molecular complexity index is 879. The first kappa shape index (κ1) is 13.2. The normalized spacial score (nSPS) is 14.3. The van der Waals surface area contributed by atoms with E-state index in [1.165, 1.54) is 23.3 Å². The monoisotopic (exact) mass is 311 g/mol. The third kappa shape index (κ3) is 2.12. The second-order valence-corrected chi connectivity index (χ2v) is 5.92. The standard InChI is InChI=1S/C16H13N3O2S/c20-10-21-14-9-22-16(17-14)19-13-8-4-3-7-12(13)15(18-19)11-5-1-2-6-11/h3-5,7-10H,1-2,6H2. The highest BCUT2D eigenvalue weighted by molar-refractivity contribution is 7.12. The van der Waals surface area contributed by atoms with Crippen molar-refractivity contribution in [2.24, 2.45) is 0 Å². The van der Waals surface area contributed by atoms with Crippen LogP contribution in [0.15, 0.2) is 35.7 Å². The van der Waals surface area contributed by atoms with Gasteiger partial charge in [-0.1, -0.05) is 35.6 Å². The molecule has 1 aliphatic carbocycles. The first-order valence-corrected chi connectivity index (χ1v) is 7.98. The van der Waals surface area contributed by atoms with Gasteiger partial charge in [-0.2, -0.15) is 10.1 Å². The fourth-order valence-corrected chi connectivity index (χ4v) is 3.48. The van der Waals surface area contributed by atoms with Gasteiger partial charge in [0.15, 0.2) is 0 Å². The van der Waals surface area contributed by atoms with Gasteiger partial charge in [-0.15, -0.1) is 0 Å². The predicted molar refractivity (Wildman–Crippen MR) is 85.3 cm³/mol. The van der Waals surface area contributed by atoms with Crippen LogP contribution in [-0.2, 0) is 4.79 Å². The molecule has 0 N–H and O–H groups in total. The number of hydrogen-bond acceptors (Lipinski definition) is 5. The molecule has 0 saturated heterocycles. The zero-order valence-corrected chi connectivity index (χ0v) is 12.5. The Kier molecular flexibility index (Phi) is 3.23. The average Bonchev–Trinajstić information content (AvgIpc) is 3.26. The fraction of sp³-hybridized carbons (Fsp3) is 0.188. The van der Waals surface area contributed by atoms with Gasteiger partial charge in [0.2, 0.25) is 11.0 Å². The van der Waals surface area contributed by atoms with Crippen molar-refractivity contribution in [2.75, 3.05) is 0 Å². The van der Waals surface area contributed by atoms with Gasteiger partial charge in [-0.3, -0.25) is 4.79 Å². The van der Waals surface area contributed by atoms with Crippen molar-refractivity contribution in [2.45, 2.75) is 19.3 Å². The van der Waals surface area contributed by atoms with Crippen LogP contribution < -0.4 is 4.74 Å². The Morgan fingerprint density at radius 1 is 1.32 bits per heavy atom. The molecule has 0 bridgehead atoms. The molecule has 3 aromatic rings. The van der Waals surface area contributed by atoms with Crippen molar-refractivity contribution < 1.29 is 9.53 Å². The summed E-state index contributed by atoms with van der Waals surface area (Å²) in [6, 6.07) is 8.13. The molecule has 22 heavy (non-hydrogen) atoms. The number of carbonyl (C=O) groups excluding carboxylic acids is 1. The van der Waals surface area contributed by atoms with E-state index in [1.807, 2.05) is 22.9 Å². The van der Waals surface area contributed by atoms with Crippen LogP contribution in [0.4, 0.5) is 0 Å². The van der Waals surface area contributed by atoms with E-state index in [0.29, 0.717) is 17.5 Å². The summed E-state index contributed by atoms with van der Waals surface area (Å²) in [7, 11) is 0. The molecule has 0 fully saturated rings. The molecule has 2 aromatic heterocycles. The molecule has 5 nitrogen and oxygen atoms in total. The summed E-state index contributed by atoms with van der Waals surface area (Å²) in [6.45, 7) is 0.384. The molecule has 1 aromatic carbocycles. The number of nitrogens with zero attached hydrogens (tertiary/aromatic N) is 3. The van der Waals surface area contributed by atoms with Crippen molar-refractivity contribution in [3.05, 3.63) is 41.4 Å². The Hall–Kier alpha value is -2.47. The van der Waals surface area contributed by atoms with E-state index in [-0.39, 0.29) is 0 Å². The molecule has 0 aliphatic heterocycles. The number of thiazole rings is 1. The number of allylic oxidation sites excluding steroid dienone is 2. The summed E-state index contributed by atoms with van der Waals surface area (Å²) in [5.74, 6) is 0.302. The SMILES string of the molecule is O=COc1csc(-n2nc(C3=CCCC3)c3ccccc32)n1. The lowest BCUT2D eigenvalue weighted by atomic mass is 10.1. The van der Waals surface area contributed by atoms with Crippen LogP contribution >= 0.6 is 11.3 Å². The van der Waals surface area contributed by atoms with Crippen LogP contribution in [0.5, 0.6) is 5.88 Å². The van der Waals surface area contributed by atoms with E-state index < -0.39 is 0 Å². The molecule has 0 radical (unpaired) electrons. The van der Waals surface area contributed by atoms with Gasteiger partial charge in [0.25, 0.3) is 6.47 Å². The quantitative estimate of drug-likeness (QED) is 0.691. The van der Waals surface area contributed by atoms with Crippen LogP contribution in [0.25, 0.3) is 21.6 Å². The van der Waals surface area contributed by atoms with E-state index in [1.54, 1.807) is 5.38 Å². The van der Waals surface area contributed by atoms with Crippen molar-refractivity contribution in [3.63, 3.8) is 0 Å². The number of rotatable bonds is 4. The number of para-hydroxylation sites is 1. The summed E-state index contributed by atoms with van der Waals surface area (Å²) in [6.07, 6.45) is 5.64. The maximum Gasteiger partial charge on any atom is 0.299 e. The van der Waals surface area contributed by atoms with E-state index in [9.17, 15) is 4.79 Å². The minimum absolute atomic E-state index is 0.302. The summed E-state index contributed by atoms with van der Waals surface area (Å²) in [4.78, 5) is 14.7. The zero-order valence-electron chi connectivity index (χ0n) is 11.7. The molecule has 0 amide bonds. The summed E-state index contributed by atoms with van der Waals surface area (Å²) in [5, 5.41) is 8.29. The zero-order chi connectivity index (χ0) is 14.9. The summed E-state index contributed by atoms with van der Waals surface area (Å²) < 4.78 is 6.62. The van der Waals surface area contributed by atoms with Crippen molar-refractivity contribution in [3.8, 4) is 11.0 Å². The molecule has 110 valence electrons. The van der Waals surface area contributed by atoms with E-state index in [0.717, 1.165) is 29.4 Å². The lowest BCUT2D eigenvalue weighted by Crippen LogP contribution is -1.97. The lowest BCUT2D eigenvalue weighted by Gasteiger charge is -1.97. The molecule has 6 heteroatoms. The third-order valence-electron chi connectivity index (χ3n) is 3.75. The van der Waals surface area contributed by atoms with Crippen LogP contribution in [0.2, 0.25) is 0 Å². The van der Waals surface area contributed by atoms with Crippen molar-refractivity contribution in [1.29, 1.82) is 0 Å². The molecular formula is C16H13N3O2S. The van der Waals surface area contributed by atoms with Gasteiger partial charge in [0.05, 0.1) is 16.6 Å². The number of fused-ring (bicyclic) bond motifs is 1. The second-order valence-electron chi connectivity index (χ2n) is 5.08. The minimum Gasteiger partial charge on any atom is -0.409 e. The predicted octanol–water partition coefficient (Wildman–Crippen LogP) is 3.58. The third-order valence-corrected chi connectivity index (χ3v) is 4.55. The van der Waals surface area contributed by atoms with Gasteiger partial charge in [0, 0.05) is 5.39 Å². The van der Waals surface area contributed by atoms with Crippen LogP contribution in [-0.4, -0.2) is 21.2 Å². The van der Waals surface area contributed by atoms with E-state index in [4.69, 9.17) is 9.84 Å². The van der Waals surface area contributed by atoms with E-state index >= 15 is 0 Å². The number of ether oxygens (including phenoxy) is 1. The second kappa shape index (κ2) is 5.38. The molecule has 0 unspecified atom stereocenters. The number of benzene rings is 1. The molecule has 1 aliphatic rings. The number of hydrogen-bond donors (Lipinski definition) is 0. The summed E-state index contributed by atoms with van der Waals surface area (Å²) >= 11 is 1.40. The fourth-order valence-electron chi connectivity index (χ4n) is 2.79. The average molecular weight is 311 g/mol. The smallest absolute Gasteiger partial charge is 0.299 e. The van der Waals surface area contributed by atoms with Crippen LogP contribution in [0, 0.1) is 0 Å². The van der Waals surface area contributed by atoms with Gasteiger partial charge in [-0.05, 0) is 30.9 Å². The molecule has 4 rings (SSSR count). The van der Waals surface area contributed by atoms with Gasteiger partial charge in [-0.25, -0.2) is 4.68 Å². The van der Waals surface area contributed by atoms with Gasteiger partial charge < -0.3 is 4.74 Å². The highest BCUT2D eigenvalue weighted by atomic mass is 32.1. The summed E-state index contributed by atoms with van der Waals surface area (Å²) in [5.41, 5.74) is 3.34. The van der Waals surface area contributed by atoms with Crippen LogP contribution in [0.3, 0.4) is 0 Å². The number of aromatic nitrogens is 3. The molecule has 0 spiro atoms. The first-order chi connectivity index (χ1) is 10.9. The Balaban J connectivity index is 1.88.